The molecule has 2 heterocycles. The number of nitrogens with one attached hydrogen (secondary N) is 1. The van der Waals surface area contributed by atoms with Crippen molar-refractivity contribution in [2.75, 3.05) is 13.7 Å². The summed E-state index contributed by atoms with van der Waals surface area (Å²) in [5, 5.41) is 9.35. The summed E-state index contributed by atoms with van der Waals surface area (Å²) in [5.74, 6) is 0.419. The molecule has 2 amide bonds. The highest BCUT2D eigenvalue weighted by molar-refractivity contribution is 7.95. The summed E-state index contributed by atoms with van der Waals surface area (Å²) in [6.45, 7) is -0.520. The predicted octanol–water partition coefficient (Wildman–Crippen LogP) is 0.620. The summed E-state index contributed by atoms with van der Waals surface area (Å²) >= 11 is 0. The number of aryl methyl sites for hydroxylation is 1. The minimum atomic E-state index is -4.33. The van der Waals surface area contributed by atoms with Crippen LogP contribution in [-0.2, 0) is 26.9 Å². The van der Waals surface area contributed by atoms with Gasteiger partial charge in [0.25, 0.3) is 10.0 Å². The zero-order chi connectivity index (χ0) is 22.8. The van der Waals surface area contributed by atoms with E-state index in [0.717, 1.165) is 18.4 Å². The summed E-state index contributed by atoms with van der Waals surface area (Å²) in [6.07, 6.45) is 5.85. The number of allylic oxidation sites excluding steroid dienone is 1. The zero-order valence-corrected chi connectivity index (χ0v) is 18.0. The van der Waals surface area contributed by atoms with Gasteiger partial charge in [-0.1, -0.05) is 4.41 Å². The zero-order valence-electron chi connectivity index (χ0n) is 16.4. The molecule has 0 radical (unpaired) electrons. The van der Waals surface area contributed by atoms with Gasteiger partial charge in [-0.15, -0.1) is 0 Å². The fraction of sp³-hybridized carbons (Fsp3) is 0.176. The van der Waals surface area contributed by atoms with Crippen molar-refractivity contribution in [1.82, 2.24) is 24.5 Å². The Hall–Kier alpha value is -3.20. The van der Waals surface area contributed by atoms with E-state index in [0.29, 0.717) is 15.2 Å². The quantitative estimate of drug-likeness (QED) is 0.478. The number of carbonyl (C=O) groups excluding carboxylic acids is 1. The van der Waals surface area contributed by atoms with E-state index in [1.807, 2.05) is 0 Å². The number of methoxy groups -OCH3 is 1. The number of hydrazine groups is 1. The second-order valence-electron chi connectivity index (χ2n) is 6.19. The van der Waals surface area contributed by atoms with Crippen LogP contribution in [0.25, 0.3) is 0 Å². The third-order valence-electron chi connectivity index (χ3n) is 4.34. The van der Waals surface area contributed by atoms with E-state index in [1.165, 1.54) is 60.9 Å². The molecule has 0 spiro atoms. The monoisotopic (exact) mass is 469 g/mol. The molecule has 14 heteroatoms. The maximum atomic E-state index is 13.2. The van der Waals surface area contributed by atoms with E-state index >= 15 is 0 Å². The van der Waals surface area contributed by atoms with Gasteiger partial charge in [0.15, 0.2) is 0 Å². The minimum absolute atomic E-state index is 0.179. The van der Waals surface area contributed by atoms with Crippen LogP contribution in [0, 0.1) is 0 Å². The lowest BCUT2D eigenvalue weighted by Gasteiger charge is -2.29. The number of sulfonamides is 1. The average Bonchev–Trinajstić information content (AvgIpc) is 3.06. The van der Waals surface area contributed by atoms with Crippen molar-refractivity contribution >= 4 is 25.9 Å². The Labute approximate surface area is 178 Å². The minimum Gasteiger partial charge on any atom is -0.497 e. The molecule has 12 nitrogen and oxygen atoms in total. The molecule has 0 aliphatic carbocycles. The number of urea groups is 1. The molecule has 166 valence electrons. The Morgan fingerprint density at radius 3 is 2.42 bits per heavy atom. The van der Waals surface area contributed by atoms with Gasteiger partial charge in [0.05, 0.1) is 23.5 Å². The Bertz CT molecular complexity index is 1250. The molecular formula is C17H19N5O7S2. The van der Waals surface area contributed by atoms with Crippen LogP contribution in [0.15, 0.2) is 70.0 Å². The fourth-order valence-corrected chi connectivity index (χ4v) is 5.50. The summed E-state index contributed by atoms with van der Waals surface area (Å²) in [5.41, 5.74) is 1.35. The first kappa shape index (κ1) is 22.5. The fourth-order valence-electron chi connectivity index (χ4n) is 2.76. The Morgan fingerprint density at radius 1 is 1.19 bits per heavy atom. The summed E-state index contributed by atoms with van der Waals surface area (Å²) < 4.78 is 59.1. The highest BCUT2D eigenvalue weighted by Gasteiger charge is 2.34. The molecule has 31 heavy (non-hydrogen) atoms. The number of hydrogen-bond donors (Lipinski definition) is 2. The summed E-state index contributed by atoms with van der Waals surface area (Å²) in [7, 11) is -5.51. The number of rotatable bonds is 5. The van der Waals surface area contributed by atoms with Gasteiger partial charge in [-0.3, -0.25) is 5.21 Å². The van der Waals surface area contributed by atoms with Gasteiger partial charge < -0.3 is 9.30 Å². The third kappa shape index (κ3) is 4.18. The van der Waals surface area contributed by atoms with E-state index in [2.05, 4.69) is 4.98 Å². The number of sulfone groups is 1. The third-order valence-corrected chi connectivity index (χ3v) is 7.88. The standard InChI is InChI=1S/C17H19N5O7S2/c1-20-12-9-18-17(20)30(25,26)14-7-10-21(16(23)19-24)22(11-8-14)31(27,28)15-5-3-13(29-2)4-6-15/h3-10,12,24H,11H2,1-2H3,(H,19,23). The topological polar surface area (TPSA) is 151 Å². The van der Waals surface area contributed by atoms with Gasteiger partial charge in [-0.25, -0.2) is 37.1 Å². The van der Waals surface area contributed by atoms with E-state index < -0.39 is 32.4 Å². The molecule has 2 aromatic rings. The molecule has 0 saturated heterocycles. The average molecular weight is 470 g/mol. The van der Waals surface area contributed by atoms with Crippen molar-refractivity contribution < 1.29 is 31.6 Å². The molecule has 1 aliphatic rings. The van der Waals surface area contributed by atoms with Crippen LogP contribution in [0.4, 0.5) is 4.79 Å². The molecule has 0 fully saturated rings. The second kappa shape index (κ2) is 8.50. The highest BCUT2D eigenvalue weighted by atomic mass is 32.2. The van der Waals surface area contributed by atoms with Gasteiger partial charge >= 0.3 is 6.03 Å². The molecule has 0 saturated carbocycles. The number of amides is 2. The number of benzene rings is 1. The molecular weight excluding hydrogens is 450 g/mol. The van der Waals surface area contributed by atoms with Crippen molar-refractivity contribution in [2.45, 2.75) is 10.1 Å². The SMILES string of the molecule is COc1ccc(S(=O)(=O)N2CC=C(S(=O)(=O)c3nccn3C)C=CN2C(=O)NO)cc1. The maximum absolute atomic E-state index is 13.2. The largest absolute Gasteiger partial charge is 0.497 e. The Morgan fingerprint density at radius 2 is 1.87 bits per heavy atom. The lowest BCUT2D eigenvalue weighted by Crippen LogP contribution is -2.49. The van der Waals surface area contributed by atoms with Crippen LogP contribution in [0.1, 0.15) is 0 Å². The van der Waals surface area contributed by atoms with Crippen molar-refractivity contribution in [2.24, 2.45) is 7.05 Å². The van der Waals surface area contributed by atoms with Crippen LogP contribution in [0.2, 0.25) is 0 Å². The molecule has 0 bridgehead atoms. The Balaban J connectivity index is 2.06. The van der Waals surface area contributed by atoms with Gasteiger partial charge in [0.1, 0.15) is 5.75 Å². The van der Waals surface area contributed by atoms with E-state index in [1.54, 1.807) is 0 Å². The van der Waals surface area contributed by atoms with E-state index in [-0.39, 0.29) is 15.0 Å². The number of imidazole rings is 1. The predicted molar refractivity (Wildman–Crippen MR) is 107 cm³/mol. The van der Waals surface area contributed by atoms with Gasteiger partial charge in [0, 0.05) is 25.6 Å². The molecule has 1 aromatic heterocycles. The van der Waals surface area contributed by atoms with Crippen LogP contribution in [0.5, 0.6) is 5.75 Å². The summed E-state index contributed by atoms with van der Waals surface area (Å²) in [6, 6.07) is 4.17. The number of carbonyl (C=O) groups is 1. The van der Waals surface area contributed by atoms with Gasteiger partial charge in [-0.2, -0.15) is 0 Å². The lowest BCUT2D eigenvalue weighted by molar-refractivity contribution is 0.0953. The van der Waals surface area contributed by atoms with E-state index in [9.17, 15) is 21.6 Å². The highest BCUT2D eigenvalue weighted by Crippen LogP contribution is 2.26. The van der Waals surface area contributed by atoms with Crippen LogP contribution in [-0.4, -0.2) is 60.7 Å². The van der Waals surface area contributed by atoms with Crippen LogP contribution < -0.4 is 10.2 Å². The first-order valence-corrected chi connectivity index (χ1v) is 11.6. The molecule has 0 atom stereocenters. The van der Waals surface area contributed by atoms with Crippen molar-refractivity contribution in [3.05, 3.63) is 59.9 Å². The number of nitrogens with zero attached hydrogens (tertiary/aromatic N) is 4. The maximum Gasteiger partial charge on any atom is 0.360 e. The smallest absolute Gasteiger partial charge is 0.360 e. The van der Waals surface area contributed by atoms with Crippen LogP contribution in [0.3, 0.4) is 0 Å². The van der Waals surface area contributed by atoms with Crippen molar-refractivity contribution in [3.8, 4) is 5.75 Å². The first-order chi connectivity index (χ1) is 14.6. The van der Waals surface area contributed by atoms with Gasteiger partial charge in [-0.05, 0) is 36.4 Å². The number of aromatic nitrogens is 2. The normalized spacial score (nSPS) is 15.3. The summed E-state index contributed by atoms with van der Waals surface area (Å²) in [4.78, 5) is 15.5. The van der Waals surface area contributed by atoms with Crippen molar-refractivity contribution in [3.63, 3.8) is 0 Å². The molecule has 2 N–H and O–H groups in total. The molecule has 1 aliphatic heterocycles. The number of ether oxygens (including phenoxy) is 1. The lowest BCUT2D eigenvalue weighted by atomic mass is 10.3. The van der Waals surface area contributed by atoms with Crippen molar-refractivity contribution in [1.29, 1.82) is 0 Å². The number of hydroxylamine groups is 1. The molecule has 0 unspecified atom stereocenters. The first-order valence-electron chi connectivity index (χ1n) is 8.63. The molecule has 1 aromatic carbocycles. The number of hydrogen-bond acceptors (Lipinski definition) is 8. The van der Waals surface area contributed by atoms with Crippen LogP contribution >= 0.6 is 0 Å². The van der Waals surface area contributed by atoms with Gasteiger partial charge in [0.2, 0.25) is 15.0 Å². The molecule has 3 rings (SSSR count). The van der Waals surface area contributed by atoms with E-state index in [4.69, 9.17) is 9.94 Å². The Kier molecular flexibility index (Phi) is 6.17. The second-order valence-corrected chi connectivity index (χ2v) is 9.88.